The summed E-state index contributed by atoms with van der Waals surface area (Å²) in [5.74, 6) is 0.591. The van der Waals surface area contributed by atoms with Crippen LogP contribution in [0.1, 0.15) is 11.5 Å². The van der Waals surface area contributed by atoms with Crippen molar-refractivity contribution in [3.05, 3.63) is 64.8 Å². The van der Waals surface area contributed by atoms with Crippen LogP contribution in [0.25, 0.3) is 11.4 Å². The van der Waals surface area contributed by atoms with Gasteiger partial charge < -0.3 is 9.42 Å². The van der Waals surface area contributed by atoms with Crippen molar-refractivity contribution in [1.29, 1.82) is 5.26 Å². The molecule has 1 aromatic heterocycles. The van der Waals surface area contributed by atoms with Crippen molar-refractivity contribution in [2.24, 2.45) is 0 Å². The quantitative estimate of drug-likeness (QED) is 0.668. The van der Waals surface area contributed by atoms with Crippen molar-refractivity contribution in [3.8, 4) is 17.5 Å². The van der Waals surface area contributed by atoms with Gasteiger partial charge in [0.15, 0.2) is 0 Å². The van der Waals surface area contributed by atoms with Crippen LogP contribution in [0.2, 0.25) is 5.02 Å². The normalized spacial score (nSPS) is 14.8. The van der Waals surface area contributed by atoms with E-state index in [4.69, 9.17) is 16.1 Å². The maximum atomic E-state index is 13.8. The van der Waals surface area contributed by atoms with E-state index in [-0.39, 0.29) is 5.56 Å². The summed E-state index contributed by atoms with van der Waals surface area (Å²) in [4.78, 5) is 8.68. The van der Waals surface area contributed by atoms with Crippen molar-refractivity contribution in [2.75, 3.05) is 31.1 Å². The second-order valence-electron chi connectivity index (χ2n) is 6.53. The highest BCUT2D eigenvalue weighted by Crippen LogP contribution is 2.24. The molecule has 0 atom stereocenters. The summed E-state index contributed by atoms with van der Waals surface area (Å²) < 4.78 is 19.2. The fourth-order valence-electron chi connectivity index (χ4n) is 3.26. The highest BCUT2D eigenvalue weighted by molar-refractivity contribution is 6.30. The van der Waals surface area contributed by atoms with Crippen LogP contribution in [0.5, 0.6) is 0 Å². The van der Waals surface area contributed by atoms with Gasteiger partial charge in [-0.3, -0.25) is 4.90 Å². The lowest BCUT2D eigenvalue weighted by atomic mass is 10.1. The van der Waals surface area contributed by atoms with Gasteiger partial charge in [0.2, 0.25) is 11.7 Å². The van der Waals surface area contributed by atoms with Gasteiger partial charge in [-0.1, -0.05) is 22.8 Å². The van der Waals surface area contributed by atoms with Crippen LogP contribution in [0.4, 0.5) is 10.1 Å². The zero-order chi connectivity index (χ0) is 19.5. The van der Waals surface area contributed by atoms with E-state index in [0.717, 1.165) is 18.7 Å². The molecule has 28 heavy (non-hydrogen) atoms. The minimum absolute atomic E-state index is 0.0976. The van der Waals surface area contributed by atoms with E-state index in [9.17, 15) is 9.65 Å². The van der Waals surface area contributed by atoms with E-state index in [1.54, 1.807) is 24.3 Å². The molecule has 8 heteroatoms. The number of anilines is 1. The molecule has 0 unspecified atom stereocenters. The molecular formula is C20H17ClFN5O. The first kappa shape index (κ1) is 18.4. The molecule has 1 aliphatic rings. The van der Waals surface area contributed by atoms with Gasteiger partial charge in [-0.25, -0.2) is 4.39 Å². The molecule has 0 spiro atoms. The lowest BCUT2D eigenvalue weighted by Gasteiger charge is -2.35. The Labute approximate surface area is 166 Å². The average Bonchev–Trinajstić information content (AvgIpc) is 3.17. The maximum absolute atomic E-state index is 13.8. The van der Waals surface area contributed by atoms with Crippen LogP contribution in [0.15, 0.2) is 47.0 Å². The van der Waals surface area contributed by atoms with Crippen LogP contribution < -0.4 is 4.90 Å². The summed E-state index contributed by atoms with van der Waals surface area (Å²) in [7, 11) is 0. The number of nitrogens with zero attached hydrogens (tertiary/aromatic N) is 5. The van der Waals surface area contributed by atoms with E-state index >= 15 is 0 Å². The summed E-state index contributed by atoms with van der Waals surface area (Å²) in [6.07, 6.45) is 0. The molecule has 0 aliphatic carbocycles. The van der Waals surface area contributed by atoms with E-state index < -0.39 is 5.82 Å². The maximum Gasteiger partial charge on any atom is 0.241 e. The zero-order valence-corrected chi connectivity index (χ0v) is 15.7. The number of hydrogen-bond acceptors (Lipinski definition) is 6. The Morgan fingerprint density at radius 1 is 1.11 bits per heavy atom. The van der Waals surface area contributed by atoms with Gasteiger partial charge >= 0.3 is 0 Å². The summed E-state index contributed by atoms with van der Waals surface area (Å²) >= 11 is 5.90. The second kappa shape index (κ2) is 7.97. The number of rotatable bonds is 4. The van der Waals surface area contributed by atoms with Crippen molar-refractivity contribution >= 4 is 17.3 Å². The fourth-order valence-corrected chi connectivity index (χ4v) is 3.39. The van der Waals surface area contributed by atoms with Crippen LogP contribution in [0, 0.1) is 17.1 Å². The van der Waals surface area contributed by atoms with E-state index in [0.29, 0.717) is 42.1 Å². The lowest BCUT2D eigenvalue weighted by Crippen LogP contribution is -2.46. The summed E-state index contributed by atoms with van der Waals surface area (Å²) in [5, 5.41) is 13.9. The molecule has 2 heterocycles. The molecule has 0 N–H and O–H groups in total. The topological polar surface area (TPSA) is 69.2 Å². The number of aromatic nitrogens is 2. The van der Waals surface area contributed by atoms with Gasteiger partial charge in [0, 0.05) is 36.8 Å². The molecule has 1 aliphatic heterocycles. The monoisotopic (exact) mass is 397 g/mol. The third kappa shape index (κ3) is 3.84. The van der Waals surface area contributed by atoms with Crippen LogP contribution >= 0.6 is 11.6 Å². The molecule has 0 bridgehead atoms. The summed E-state index contributed by atoms with van der Waals surface area (Å²) in [6, 6.07) is 14.0. The number of benzene rings is 2. The average molecular weight is 398 g/mol. The third-order valence-electron chi connectivity index (χ3n) is 4.75. The van der Waals surface area contributed by atoms with Crippen molar-refractivity contribution < 1.29 is 8.91 Å². The first-order chi connectivity index (χ1) is 13.6. The largest absolute Gasteiger partial charge is 0.368 e. The van der Waals surface area contributed by atoms with Gasteiger partial charge in [0.05, 0.1) is 12.2 Å². The standard InChI is InChI=1S/C20H17ClFN5O/c21-15-6-4-14(5-7-15)20-24-19(28-25-20)13-26-8-10-27(11-9-26)18-3-1-2-17(22)16(18)12-23/h1-7H,8-11,13H2. The summed E-state index contributed by atoms with van der Waals surface area (Å²) in [6.45, 7) is 3.43. The third-order valence-corrected chi connectivity index (χ3v) is 5.00. The van der Waals surface area contributed by atoms with Crippen molar-refractivity contribution in [2.45, 2.75) is 6.54 Å². The summed E-state index contributed by atoms with van der Waals surface area (Å²) in [5.41, 5.74) is 1.59. The molecule has 4 rings (SSSR count). The Morgan fingerprint density at radius 3 is 2.57 bits per heavy atom. The minimum Gasteiger partial charge on any atom is -0.368 e. The number of nitriles is 1. The number of halogens is 2. The first-order valence-electron chi connectivity index (χ1n) is 8.88. The Morgan fingerprint density at radius 2 is 1.86 bits per heavy atom. The second-order valence-corrected chi connectivity index (χ2v) is 6.96. The minimum atomic E-state index is -0.483. The van der Waals surface area contributed by atoms with Crippen LogP contribution in [-0.2, 0) is 6.54 Å². The molecule has 2 aromatic carbocycles. The van der Waals surface area contributed by atoms with Crippen molar-refractivity contribution in [1.82, 2.24) is 15.0 Å². The smallest absolute Gasteiger partial charge is 0.241 e. The molecular weight excluding hydrogens is 381 g/mol. The Hall–Kier alpha value is -2.95. The van der Waals surface area contributed by atoms with E-state index in [1.807, 2.05) is 23.1 Å². The Balaban J connectivity index is 1.38. The molecule has 1 fully saturated rings. The molecule has 0 radical (unpaired) electrons. The molecule has 1 saturated heterocycles. The molecule has 6 nitrogen and oxygen atoms in total. The predicted molar refractivity (Wildman–Crippen MR) is 103 cm³/mol. The van der Waals surface area contributed by atoms with E-state index in [2.05, 4.69) is 15.0 Å². The molecule has 3 aromatic rings. The van der Waals surface area contributed by atoms with Crippen LogP contribution in [-0.4, -0.2) is 41.2 Å². The Bertz CT molecular complexity index is 1010. The Kier molecular flexibility index (Phi) is 5.24. The highest BCUT2D eigenvalue weighted by Gasteiger charge is 2.22. The van der Waals surface area contributed by atoms with Crippen molar-refractivity contribution in [3.63, 3.8) is 0 Å². The fraction of sp³-hybridized carbons (Fsp3) is 0.250. The molecule has 142 valence electrons. The molecule has 0 saturated carbocycles. The van der Waals surface area contributed by atoms with Gasteiger partial charge in [0.1, 0.15) is 17.4 Å². The zero-order valence-electron chi connectivity index (χ0n) is 15.0. The van der Waals surface area contributed by atoms with Gasteiger partial charge in [-0.05, 0) is 36.4 Å². The highest BCUT2D eigenvalue weighted by atomic mass is 35.5. The lowest BCUT2D eigenvalue weighted by molar-refractivity contribution is 0.215. The van der Waals surface area contributed by atoms with E-state index in [1.165, 1.54) is 6.07 Å². The predicted octanol–water partition coefficient (Wildman–Crippen LogP) is 3.72. The van der Waals surface area contributed by atoms with Gasteiger partial charge in [-0.2, -0.15) is 10.2 Å². The number of hydrogen-bond donors (Lipinski definition) is 0. The number of piperazine rings is 1. The SMILES string of the molecule is N#Cc1c(F)cccc1N1CCN(Cc2nc(-c3ccc(Cl)cc3)no2)CC1. The molecule has 0 amide bonds. The van der Waals surface area contributed by atoms with Gasteiger partial charge in [0.25, 0.3) is 0 Å². The first-order valence-corrected chi connectivity index (χ1v) is 9.26. The van der Waals surface area contributed by atoms with Gasteiger partial charge in [-0.15, -0.1) is 0 Å². The van der Waals surface area contributed by atoms with Crippen LogP contribution in [0.3, 0.4) is 0 Å².